The van der Waals surface area contributed by atoms with Crippen molar-refractivity contribution in [3.05, 3.63) is 11.6 Å². The predicted octanol–water partition coefficient (Wildman–Crippen LogP) is 0.190. The average Bonchev–Trinajstić information content (AvgIpc) is 2.90. The lowest BCUT2D eigenvalue weighted by Gasteiger charge is -2.35. The average molecular weight is 383 g/mol. The van der Waals surface area contributed by atoms with Crippen LogP contribution in [-0.2, 0) is 0 Å². The fraction of sp³-hybridized carbons (Fsp3) is 0.600. The predicted molar refractivity (Wildman–Crippen MR) is 84.9 cm³/mol. The molecule has 0 bridgehead atoms. The second-order valence-electron chi connectivity index (χ2n) is 3.75. The van der Waals surface area contributed by atoms with Crippen LogP contribution in [0.3, 0.4) is 0 Å². The van der Waals surface area contributed by atoms with Gasteiger partial charge in [0.15, 0.2) is 11.1 Å². The van der Waals surface area contributed by atoms with Gasteiger partial charge in [-0.15, -0.1) is 35.3 Å². The third kappa shape index (κ3) is 3.95. The number of guanidine groups is 1. The highest BCUT2D eigenvalue weighted by Gasteiger charge is 2.19. The van der Waals surface area contributed by atoms with Crippen molar-refractivity contribution in [1.29, 1.82) is 0 Å². The SMILES string of the molecule is I.NC(=NCCO)N1CCN(c2nccs2)CC1. The zero-order valence-corrected chi connectivity index (χ0v) is 13.2. The number of anilines is 1. The van der Waals surface area contributed by atoms with Gasteiger partial charge in [0.25, 0.3) is 0 Å². The fourth-order valence-corrected chi connectivity index (χ4v) is 2.46. The summed E-state index contributed by atoms with van der Waals surface area (Å²) in [6, 6.07) is 0. The van der Waals surface area contributed by atoms with Gasteiger partial charge < -0.3 is 20.6 Å². The highest BCUT2D eigenvalue weighted by atomic mass is 127. The maximum Gasteiger partial charge on any atom is 0.191 e. The van der Waals surface area contributed by atoms with Crippen molar-refractivity contribution in [3.63, 3.8) is 0 Å². The summed E-state index contributed by atoms with van der Waals surface area (Å²) in [6.07, 6.45) is 1.82. The third-order valence-corrected chi connectivity index (χ3v) is 3.50. The number of hydrogen-bond acceptors (Lipinski definition) is 5. The van der Waals surface area contributed by atoms with Crippen molar-refractivity contribution in [1.82, 2.24) is 9.88 Å². The van der Waals surface area contributed by atoms with Gasteiger partial charge in [-0.3, -0.25) is 4.99 Å². The standard InChI is InChI=1S/C10H17N5OS.HI/c11-9(12-1-7-16)14-3-5-15(6-4-14)10-13-2-8-17-10;/h2,8,16H,1,3-7H2,(H2,11,12);1H. The number of aliphatic imine (C=N–C) groups is 1. The molecule has 1 fully saturated rings. The number of aromatic nitrogens is 1. The van der Waals surface area contributed by atoms with Gasteiger partial charge >= 0.3 is 0 Å². The number of nitrogens with two attached hydrogens (primary N) is 1. The van der Waals surface area contributed by atoms with Gasteiger partial charge in [-0.2, -0.15) is 0 Å². The third-order valence-electron chi connectivity index (χ3n) is 2.67. The Morgan fingerprint density at radius 2 is 2.17 bits per heavy atom. The Hall–Kier alpha value is -0.610. The summed E-state index contributed by atoms with van der Waals surface area (Å²) in [5.41, 5.74) is 5.83. The number of rotatable bonds is 3. The lowest BCUT2D eigenvalue weighted by molar-refractivity contribution is 0.305. The van der Waals surface area contributed by atoms with Gasteiger partial charge in [0.1, 0.15) is 0 Å². The molecule has 1 saturated heterocycles. The number of piperazine rings is 1. The van der Waals surface area contributed by atoms with Gasteiger partial charge in [-0.25, -0.2) is 4.98 Å². The van der Waals surface area contributed by atoms with E-state index in [-0.39, 0.29) is 30.6 Å². The van der Waals surface area contributed by atoms with Gasteiger partial charge in [0, 0.05) is 37.8 Å². The van der Waals surface area contributed by atoms with Gasteiger partial charge in [-0.1, -0.05) is 0 Å². The lowest BCUT2D eigenvalue weighted by Crippen LogP contribution is -2.51. The van der Waals surface area contributed by atoms with Crippen LogP contribution in [0.5, 0.6) is 0 Å². The summed E-state index contributed by atoms with van der Waals surface area (Å²) in [4.78, 5) is 12.7. The van der Waals surface area contributed by atoms with Crippen LogP contribution in [0, 0.1) is 0 Å². The Morgan fingerprint density at radius 3 is 2.72 bits per heavy atom. The van der Waals surface area contributed by atoms with E-state index in [9.17, 15) is 0 Å². The molecule has 1 aliphatic heterocycles. The smallest absolute Gasteiger partial charge is 0.191 e. The highest BCUT2D eigenvalue weighted by Crippen LogP contribution is 2.18. The largest absolute Gasteiger partial charge is 0.394 e. The first-order valence-electron chi connectivity index (χ1n) is 5.61. The van der Waals surface area contributed by atoms with E-state index < -0.39 is 0 Å². The van der Waals surface area contributed by atoms with Crippen LogP contribution in [0.15, 0.2) is 16.6 Å². The summed E-state index contributed by atoms with van der Waals surface area (Å²) in [5.74, 6) is 0.526. The number of nitrogens with zero attached hydrogens (tertiary/aromatic N) is 4. The Kier molecular flexibility index (Phi) is 6.65. The van der Waals surface area contributed by atoms with Crippen molar-refractivity contribution in [2.75, 3.05) is 44.2 Å². The van der Waals surface area contributed by atoms with E-state index in [1.54, 1.807) is 11.3 Å². The van der Waals surface area contributed by atoms with E-state index in [0.717, 1.165) is 31.3 Å². The molecule has 0 atom stereocenters. The van der Waals surface area contributed by atoms with Crippen molar-refractivity contribution >= 4 is 46.4 Å². The van der Waals surface area contributed by atoms with Crippen molar-refractivity contribution in [2.45, 2.75) is 0 Å². The number of aliphatic hydroxyl groups excluding tert-OH is 1. The van der Waals surface area contributed by atoms with Crippen LogP contribution in [0.25, 0.3) is 0 Å². The molecule has 1 aliphatic rings. The Labute approximate surface area is 128 Å². The molecule has 2 heterocycles. The lowest BCUT2D eigenvalue weighted by atomic mass is 10.3. The Morgan fingerprint density at radius 1 is 1.44 bits per heavy atom. The first-order chi connectivity index (χ1) is 8.31. The first kappa shape index (κ1) is 15.4. The molecular formula is C10H18IN5OS. The van der Waals surface area contributed by atoms with Crippen molar-refractivity contribution in [2.24, 2.45) is 10.7 Å². The number of hydrogen-bond donors (Lipinski definition) is 2. The molecule has 102 valence electrons. The van der Waals surface area contributed by atoms with Crippen LogP contribution in [0.4, 0.5) is 5.13 Å². The van der Waals surface area contributed by atoms with Crippen LogP contribution in [0.2, 0.25) is 0 Å². The molecule has 8 heteroatoms. The summed E-state index contributed by atoms with van der Waals surface area (Å²) < 4.78 is 0. The summed E-state index contributed by atoms with van der Waals surface area (Å²) in [7, 11) is 0. The van der Waals surface area contributed by atoms with E-state index in [0.29, 0.717) is 12.5 Å². The number of aliphatic hydroxyl groups is 1. The summed E-state index contributed by atoms with van der Waals surface area (Å²) in [5, 5.41) is 11.7. The van der Waals surface area contributed by atoms with Crippen LogP contribution >= 0.6 is 35.3 Å². The number of halogens is 1. The van der Waals surface area contributed by atoms with E-state index in [4.69, 9.17) is 10.8 Å². The fourth-order valence-electron chi connectivity index (χ4n) is 1.76. The monoisotopic (exact) mass is 383 g/mol. The molecule has 0 unspecified atom stereocenters. The minimum absolute atomic E-state index is 0. The maximum atomic E-state index is 8.68. The topological polar surface area (TPSA) is 78.0 Å². The van der Waals surface area contributed by atoms with Crippen LogP contribution < -0.4 is 10.6 Å². The molecule has 0 spiro atoms. The molecular weight excluding hydrogens is 365 g/mol. The number of thiazole rings is 1. The summed E-state index contributed by atoms with van der Waals surface area (Å²) >= 11 is 1.65. The van der Waals surface area contributed by atoms with Gasteiger partial charge in [0.05, 0.1) is 13.2 Å². The van der Waals surface area contributed by atoms with Crippen molar-refractivity contribution < 1.29 is 5.11 Å². The quantitative estimate of drug-likeness (QED) is 0.443. The van der Waals surface area contributed by atoms with E-state index >= 15 is 0 Å². The molecule has 2 rings (SSSR count). The molecule has 1 aromatic heterocycles. The first-order valence-corrected chi connectivity index (χ1v) is 6.49. The minimum atomic E-state index is 0. The Balaban J connectivity index is 0.00000162. The Bertz CT molecular complexity index is 364. The maximum absolute atomic E-state index is 8.68. The molecule has 1 aromatic rings. The molecule has 0 radical (unpaired) electrons. The van der Waals surface area contributed by atoms with Crippen LogP contribution in [-0.4, -0.2) is 60.3 Å². The molecule has 0 aromatic carbocycles. The second-order valence-corrected chi connectivity index (χ2v) is 4.63. The van der Waals surface area contributed by atoms with E-state index in [1.165, 1.54) is 0 Å². The summed E-state index contributed by atoms with van der Waals surface area (Å²) in [6.45, 7) is 3.92. The van der Waals surface area contributed by atoms with Gasteiger partial charge in [0.2, 0.25) is 0 Å². The normalized spacial score (nSPS) is 16.6. The molecule has 6 nitrogen and oxygen atoms in total. The highest BCUT2D eigenvalue weighted by molar-refractivity contribution is 14.0. The zero-order valence-electron chi connectivity index (χ0n) is 10.0. The molecule has 0 aliphatic carbocycles. The van der Waals surface area contributed by atoms with E-state index in [2.05, 4.69) is 14.9 Å². The van der Waals surface area contributed by atoms with Crippen LogP contribution in [0.1, 0.15) is 0 Å². The molecule has 3 N–H and O–H groups in total. The zero-order chi connectivity index (χ0) is 12.1. The molecule has 0 amide bonds. The molecule has 18 heavy (non-hydrogen) atoms. The van der Waals surface area contributed by atoms with E-state index in [1.807, 2.05) is 16.5 Å². The minimum Gasteiger partial charge on any atom is -0.394 e. The van der Waals surface area contributed by atoms with Gasteiger partial charge in [-0.05, 0) is 0 Å². The van der Waals surface area contributed by atoms with Crippen molar-refractivity contribution in [3.8, 4) is 0 Å². The molecule has 0 saturated carbocycles. The second kappa shape index (κ2) is 7.74.